The Bertz CT molecular complexity index is 257. The molecule has 2 bridgehead atoms. The van der Waals surface area contributed by atoms with Crippen molar-refractivity contribution in [3.05, 3.63) is 12.2 Å². The van der Waals surface area contributed by atoms with Crippen molar-refractivity contribution >= 4 is 5.91 Å². The maximum Gasteiger partial charge on any atom is 0.246 e. The largest absolute Gasteiger partial charge is 0.339 e. The van der Waals surface area contributed by atoms with Crippen LogP contribution < -0.4 is 0 Å². The summed E-state index contributed by atoms with van der Waals surface area (Å²) in [6.07, 6.45) is 6.38. The molecule has 0 spiro atoms. The standard InChI is InChI=1S/C12H20N2O/c1-13(2)5-3-4-12(15)14-8-10-6-11(7-10)9-14/h3-4,10-11H,5-9H2,1-2H3/b4-3+. The molecule has 2 aliphatic heterocycles. The second-order valence-corrected chi connectivity index (χ2v) is 5.11. The summed E-state index contributed by atoms with van der Waals surface area (Å²) < 4.78 is 0. The van der Waals surface area contributed by atoms with Gasteiger partial charge in [0.05, 0.1) is 0 Å². The van der Waals surface area contributed by atoms with E-state index in [9.17, 15) is 4.79 Å². The van der Waals surface area contributed by atoms with Crippen molar-refractivity contribution in [2.24, 2.45) is 11.8 Å². The van der Waals surface area contributed by atoms with Gasteiger partial charge in [-0.15, -0.1) is 0 Å². The van der Waals surface area contributed by atoms with Crippen molar-refractivity contribution in [2.75, 3.05) is 33.7 Å². The SMILES string of the molecule is CN(C)C/C=C/C(=O)N1CC2CC(C2)C1. The van der Waals surface area contributed by atoms with Crippen molar-refractivity contribution in [1.29, 1.82) is 0 Å². The van der Waals surface area contributed by atoms with Gasteiger partial charge in [0.25, 0.3) is 0 Å². The van der Waals surface area contributed by atoms with E-state index in [0.29, 0.717) is 0 Å². The molecule has 1 amide bonds. The van der Waals surface area contributed by atoms with Crippen molar-refractivity contribution in [3.8, 4) is 0 Å². The first-order valence-electron chi connectivity index (χ1n) is 5.75. The van der Waals surface area contributed by atoms with Gasteiger partial charge in [0.2, 0.25) is 5.91 Å². The molecule has 1 aliphatic carbocycles. The van der Waals surface area contributed by atoms with Gasteiger partial charge in [-0.3, -0.25) is 4.79 Å². The zero-order valence-corrected chi connectivity index (χ0v) is 9.65. The van der Waals surface area contributed by atoms with E-state index in [4.69, 9.17) is 0 Å². The fourth-order valence-electron chi connectivity index (χ4n) is 2.52. The Morgan fingerprint density at radius 2 is 1.93 bits per heavy atom. The number of likely N-dealkylation sites (N-methyl/N-ethyl adjacent to an activating group) is 1. The first-order valence-corrected chi connectivity index (χ1v) is 5.75. The van der Waals surface area contributed by atoms with Crippen LogP contribution >= 0.6 is 0 Å². The van der Waals surface area contributed by atoms with Crippen LogP contribution in [0.15, 0.2) is 12.2 Å². The third-order valence-electron chi connectivity index (χ3n) is 3.33. The number of hydrogen-bond acceptors (Lipinski definition) is 2. The first-order chi connectivity index (χ1) is 7.15. The normalized spacial score (nSPS) is 29.7. The molecule has 3 aliphatic rings. The van der Waals surface area contributed by atoms with E-state index in [1.807, 2.05) is 25.1 Å². The van der Waals surface area contributed by atoms with Gasteiger partial charge in [-0.05, 0) is 38.8 Å². The summed E-state index contributed by atoms with van der Waals surface area (Å²) in [4.78, 5) is 15.8. The highest BCUT2D eigenvalue weighted by molar-refractivity contribution is 5.87. The lowest BCUT2D eigenvalue weighted by Gasteiger charge is -2.46. The molecular weight excluding hydrogens is 188 g/mol. The molecule has 0 radical (unpaired) electrons. The fraction of sp³-hybridized carbons (Fsp3) is 0.750. The second kappa shape index (κ2) is 4.35. The third kappa shape index (κ3) is 2.59. The third-order valence-corrected chi connectivity index (χ3v) is 3.33. The van der Waals surface area contributed by atoms with E-state index >= 15 is 0 Å². The molecule has 3 rings (SSSR count). The van der Waals surface area contributed by atoms with Gasteiger partial charge in [-0.25, -0.2) is 0 Å². The van der Waals surface area contributed by atoms with E-state index < -0.39 is 0 Å². The minimum Gasteiger partial charge on any atom is -0.339 e. The summed E-state index contributed by atoms with van der Waals surface area (Å²) in [5, 5.41) is 0. The van der Waals surface area contributed by atoms with Crippen LogP contribution in [0.5, 0.6) is 0 Å². The predicted octanol–water partition coefficient (Wildman–Crippen LogP) is 0.973. The summed E-state index contributed by atoms with van der Waals surface area (Å²) >= 11 is 0. The number of amides is 1. The van der Waals surface area contributed by atoms with E-state index in [1.54, 1.807) is 6.08 Å². The monoisotopic (exact) mass is 208 g/mol. The van der Waals surface area contributed by atoms with Crippen LogP contribution in [0.4, 0.5) is 0 Å². The summed E-state index contributed by atoms with van der Waals surface area (Å²) in [6, 6.07) is 0. The summed E-state index contributed by atoms with van der Waals surface area (Å²) in [5.41, 5.74) is 0. The Morgan fingerprint density at radius 3 is 2.47 bits per heavy atom. The van der Waals surface area contributed by atoms with Crippen LogP contribution in [0.3, 0.4) is 0 Å². The molecule has 1 saturated carbocycles. The molecular formula is C12H20N2O. The Kier molecular flexibility index (Phi) is 3.10. The second-order valence-electron chi connectivity index (χ2n) is 5.11. The van der Waals surface area contributed by atoms with Crippen molar-refractivity contribution in [2.45, 2.75) is 12.8 Å². The number of fused-ring (bicyclic) bond motifs is 2. The average Bonchev–Trinajstić information content (AvgIpc) is 2.16. The fourth-order valence-corrected chi connectivity index (χ4v) is 2.52. The number of hydrogen-bond donors (Lipinski definition) is 0. The number of carbonyl (C=O) groups is 1. The van der Waals surface area contributed by atoms with Gasteiger partial charge in [-0.1, -0.05) is 6.08 Å². The molecule has 84 valence electrons. The Labute approximate surface area is 91.7 Å². The Hall–Kier alpha value is -0.830. The van der Waals surface area contributed by atoms with Crippen LogP contribution in [-0.4, -0.2) is 49.4 Å². The quantitative estimate of drug-likeness (QED) is 0.645. The minimum absolute atomic E-state index is 0.200. The smallest absolute Gasteiger partial charge is 0.246 e. The van der Waals surface area contributed by atoms with Gasteiger partial charge in [0, 0.05) is 25.7 Å². The number of nitrogens with zero attached hydrogens (tertiary/aromatic N) is 2. The molecule has 0 N–H and O–H groups in total. The van der Waals surface area contributed by atoms with Gasteiger partial charge in [-0.2, -0.15) is 0 Å². The molecule has 0 aromatic carbocycles. The van der Waals surface area contributed by atoms with Crippen LogP contribution in [0.1, 0.15) is 12.8 Å². The maximum absolute atomic E-state index is 11.8. The topological polar surface area (TPSA) is 23.6 Å². The lowest BCUT2D eigenvalue weighted by Crippen LogP contribution is -2.50. The summed E-state index contributed by atoms with van der Waals surface area (Å²) in [7, 11) is 4.01. The summed E-state index contributed by atoms with van der Waals surface area (Å²) in [6.45, 7) is 2.82. The molecule has 0 aromatic heterocycles. The molecule has 3 heteroatoms. The van der Waals surface area contributed by atoms with Crippen LogP contribution in [0.25, 0.3) is 0 Å². The lowest BCUT2D eigenvalue weighted by molar-refractivity contribution is -0.132. The maximum atomic E-state index is 11.8. The van der Waals surface area contributed by atoms with E-state index in [1.165, 1.54) is 12.8 Å². The van der Waals surface area contributed by atoms with Gasteiger partial charge >= 0.3 is 0 Å². The predicted molar refractivity (Wildman–Crippen MR) is 60.5 cm³/mol. The minimum atomic E-state index is 0.200. The molecule has 0 aromatic rings. The van der Waals surface area contributed by atoms with Crippen LogP contribution in [0.2, 0.25) is 0 Å². The highest BCUT2D eigenvalue weighted by Crippen LogP contribution is 2.39. The molecule has 3 nitrogen and oxygen atoms in total. The molecule has 2 saturated heterocycles. The van der Waals surface area contributed by atoms with Crippen molar-refractivity contribution in [1.82, 2.24) is 9.80 Å². The van der Waals surface area contributed by atoms with Crippen LogP contribution in [-0.2, 0) is 4.79 Å². The zero-order valence-electron chi connectivity index (χ0n) is 9.65. The molecule has 2 heterocycles. The van der Waals surface area contributed by atoms with Crippen LogP contribution in [0, 0.1) is 11.8 Å². The van der Waals surface area contributed by atoms with Gasteiger partial charge < -0.3 is 9.80 Å². The average molecular weight is 208 g/mol. The van der Waals surface area contributed by atoms with E-state index in [0.717, 1.165) is 31.5 Å². The highest BCUT2D eigenvalue weighted by atomic mass is 16.2. The number of carbonyl (C=O) groups excluding carboxylic acids is 1. The van der Waals surface area contributed by atoms with E-state index in [-0.39, 0.29) is 5.91 Å². The first kappa shape index (κ1) is 10.7. The van der Waals surface area contributed by atoms with Crippen molar-refractivity contribution in [3.63, 3.8) is 0 Å². The Balaban J connectivity index is 1.78. The summed E-state index contributed by atoms with van der Waals surface area (Å²) in [5.74, 6) is 1.80. The number of rotatable bonds is 3. The molecule has 3 fully saturated rings. The Morgan fingerprint density at radius 1 is 1.33 bits per heavy atom. The van der Waals surface area contributed by atoms with E-state index in [2.05, 4.69) is 4.90 Å². The lowest BCUT2D eigenvalue weighted by atomic mass is 9.71. The number of piperidine rings is 2. The molecule has 0 atom stereocenters. The van der Waals surface area contributed by atoms with Gasteiger partial charge in [0.15, 0.2) is 0 Å². The zero-order chi connectivity index (χ0) is 10.8. The highest BCUT2D eigenvalue weighted by Gasteiger charge is 2.38. The van der Waals surface area contributed by atoms with Gasteiger partial charge in [0.1, 0.15) is 0 Å². The molecule has 15 heavy (non-hydrogen) atoms. The van der Waals surface area contributed by atoms with Crippen molar-refractivity contribution < 1.29 is 4.79 Å². The molecule has 0 unspecified atom stereocenters.